The molecule has 0 spiro atoms. The Bertz CT molecular complexity index is 1540. The molecule has 0 aliphatic heterocycles. The van der Waals surface area contributed by atoms with Gasteiger partial charge in [-0.05, 0) is 59.7 Å². The molecule has 45 heavy (non-hydrogen) atoms. The van der Waals surface area contributed by atoms with E-state index < -0.39 is 63.6 Å². The second-order valence-corrected chi connectivity index (χ2v) is 11.2. The van der Waals surface area contributed by atoms with Crippen molar-refractivity contribution in [2.45, 2.75) is 27.8 Å². The monoisotopic (exact) mass is 668 g/mol. The van der Waals surface area contributed by atoms with Gasteiger partial charge < -0.3 is 20.8 Å². The topological polar surface area (TPSA) is 124 Å². The fourth-order valence-electron chi connectivity index (χ4n) is 4.24. The third-order valence-electron chi connectivity index (χ3n) is 6.24. The maximum Gasteiger partial charge on any atom is 0.411 e. The number of alkyl halides is 6. The number of carbonyl (C=O) groups excluding carboxylic acids is 2. The van der Waals surface area contributed by atoms with Crippen molar-refractivity contribution in [2.75, 3.05) is 22.1 Å². The lowest BCUT2D eigenvalue weighted by Gasteiger charge is -2.38. The van der Waals surface area contributed by atoms with Crippen LogP contribution in [0.4, 0.5) is 37.7 Å². The number of pyridine rings is 2. The van der Waals surface area contributed by atoms with Gasteiger partial charge in [-0.3, -0.25) is 9.59 Å². The van der Waals surface area contributed by atoms with E-state index in [1.807, 2.05) is 0 Å². The van der Waals surface area contributed by atoms with Crippen molar-refractivity contribution in [1.29, 1.82) is 0 Å². The number of rotatable bonds is 10. The van der Waals surface area contributed by atoms with Crippen LogP contribution in [0.3, 0.4) is 0 Å². The molecule has 0 radical (unpaired) electrons. The molecule has 2 heterocycles. The summed E-state index contributed by atoms with van der Waals surface area (Å²) >= 11 is 2.03. The molecule has 0 fully saturated rings. The number of halogens is 6. The molecule has 0 aliphatic rings. The van der Waals surface area contributed by atoms with Crippen molar-refractivity contribution in [3.63, 3.8) is 0 Å². The first-order valence-electron chi connectivity index (χ1n) is 12.7. The van der Waals surface area contributed by atoms with E-state index in [4.69, 9.17) is 0 Å². The zero-order chi connectivity index (χ0) is 32.8. The number of anilines is 2. The maximum absolute atomic E-state index is 14.6. The molecule has 236 valence electrons. The van der Waals surface area contributed by atoms with E-state index in [0.717, 1.165) is 23.5 Å². The van der Waals surface area contributed by atoms with E-state index in [1.54, 1.807) is 36.4 Å². The predicted molar refractivity (Wildman–Crippen MR) is 156 cm³/mol. The summed E-state index contributed by atoms with van der Waals surface area (Å²) in [4.78, 5) is 32.7. The zero-order valence-electron chi connectivity index (χ0n) is 22.7. The smallest absolute Gasteiger partial charge is 0.411 e. The SMILES string of the molecule is O=C(CSc1ccccn1)Nc1ccc(C(c2ccc(NC(=O)CSc3ccccn3)c(O)c2)(C(F)(F)F)C(F)(F)F)cc1O. The van der Waals surface area contributed by atoms with Crippen LogP contribution < -0.4 is 10.6 Å². The quantitative estimate of drug-likeness (QED) is 0.0831. The molecule has 0 aliphatic carbocycles. The summed E-state index contributed by atoms with van der Waals surface area (Å²) < 4.78 is 87.7. The second-order valence-electron chi connectivity index (χ2n) is 9.22. The van der Waals surface area contributed by atoms with Gasteiger partial charge in [0.25, 0.3) is 0 Å². The Balaban J connectivity index is 1.61. The van der Waals surface area contributed by atoms with Crippen molar-refractivity contribution in [1.82, 2.24) is 9.97 Å². The van der Waals surface area contributed by atoms with E-state index >= 15 is 0 Å². The third-order valence-corrected chi connectivity index (χ3v) is 8.13. The van der Waals surface area contributed by atoms with Gasteiger partial charge in [-0.2, -0.15) is 26.3 Å². The summed E-state index contributed by atoms with van der Waals surface area (Å²) in [7, 11) is 0. The Labute approximate surface area is 260 Å². The van der Waals surface area contributed by atoms with Crippen LogP contribution in [-0.2, 0) is 15.0 Å². The number of thioether (sulfide) groups is 2. The van der Waals surface area contributed by atoms with E-state index in [0.29, 0.717) is 34.3 Å². The molecule has 0 bridgehead atoms. The van der Waals surface area contributed by atoms with Crippen LogP contribution in [0.25, 0.3) is 0 Å². The van der Waals surface area contributed by atoms with E-state index in [-0.39, 0.29) is 23.6 Å². The minimum Gasteiger partial charge on any atom is -0.506 e. The molecule has 2 amide bonds. The number of hydrogen-bond acceptors (Lipinski definition) is 8. The Morgan fingerprint density at radius 2 is 1.04 bits per heavy atom. The van der Waals surface area contributed by atoms with Gasteiger partial charge in [0.15, 0.2) is 0 Å². The second kappa shape index (κ2) is 13.7. The molecule has 0 unspecified atom stereocenters. The van der Waals surface area contributed by atoms with Gasteiger partial charge in [-0.1, -0.05) is 47.8 Å². The molecule has 0 atom stereocenters. The van der Waals surface area contributed by atoms with Crippen LogP contribution in [0.15, 0.2) is 95.2 Å². The van der Waals surface area contributed by atoms with Crippen LogP contribution in [0, 0.1) is 0 Å². The molecule has 2 aromatic carbocycles. The average Bonchev–Trinajstić information content (AvgIpc) is 2.97. The normalized spacial score (nSPS) is 12.0. The van der Waals surface area contributed by atoms with Gasteiger partial charge in [0, 0.05) is 12.4 Å². The van der Waals surface area contributed by atoms with E-state index in [2.05, 4.69) is 20.6 Å². The van der Waals surface area contributed by atoms with Gasteiger partial charge in [0.05, 0.1) is 32.9 Å². The summed E-state index contributed by atoms with van der Waals surface area (Å²) in [5.74, 6) is -3.94. The molecule has 4 rings (SSSR count). The standard InChI is InChI=1S/C29H22F6N4O4S2/c30-28(31,32)27(29(33,34)35,17-7-9-19(21(40)13-17)38-23(42)15-44-25-5-1-3-11-36-25)18-8-10-20(22(41)14-18)39-24(43)16-45-26-6-2-4-12-37-26/h1-14,40-41H,15-16H2,(H,38,42)(H,39,43). The summed E-state index contributed by atoms with van der Waals surface area (Å²) in [6, 6.07) is 12.8. The first kappa shape index (κ1) is 33.5. The summed E-state index contributed by atoms with van der Waals surface area (Å²) in [5, 5.41) is 26.3. The molecule has 8 nitrogen and oxygen atoms in total. The molecule has 4 aromatic rings. The molecule has 2 aromatic heterocycles. The minimum atomic E-state index is -6.03. The molecular formula is C29H22F6N4O4S2. The summed E-state index contributed by atoms with van der Waals surface area (Å²) in [6.07, 6.45) is -9.07. The van der Waals surface area contributed by atoms with Crippen LogP contribution in [0.2, 0.25) is 0 Å². The number of nitrogens with zero attached hydrogens (tertiary/aromatic N) is 2. The zero-order valence-corrected chi connectivity index (χ0v) is 24.3. The fourth-order valence-corrected chi connectivity index (χ4v) is 5.56. The minimum absolute atomic E-state index is 0.211. The number of carbonyl (C=O) groups is 2. The summed E-state index contributed by atoms with van der Waals surface area (Å²) in [5.41, 5.74) is -8.42. The predicted octanol–water partition coefficient (Wildman–Crippen LogP) is 6.76. The lowest BCUT2D eigenvalue weighted by Crippen LogP contribution is -2.54. The largest absolute Gasteiger partial charge is 0.506 e. The number of amides is 2. The van der Waals surface area contributed by atoms with Crippen LogP contribution in [-0.4, -0.2) is 55.9 Å². The Hall–Kier alpha value is -4.44. The number of aromatic hydroxyl groups is 2. The van der Waals surface area contributed by atoms with Crippen LogP contribution in [0.5, 0.6) is 11.5 Å². The summed E-state index contributed by atoms with van der Waals surface area (Å²) in [6.45, 7) is 0. The highest BCUT2D eigenvalue weighted by atomic mass is 32.2. The Morgan fingerprint density at radius 3 is 1.36 bits per heavy atom. The molecule has 16 heteroatoms. The third kappa shape index (κ3) is 7.62. The molecule has 0 saturated carbocycles. The van der Waals surface area contributed by atoms with Crippen molar-refractivity contribution < 1.29 is 46.1 Å². The fraction of sp³-hybridized carbons (Fsp3) is 0.172. The van der Waals surface area contributed by atoms with Crippen molar-refractivity contribution in [3.8, 4) is 11.5 Å². The lowest BCUT2D eigenvalue weighted by molar-refractivity contribution is -0.288. The number of benzene rings is 2. The highest BCUT2D eigenvalue weighted by Gasteiger charge is 2.72. The van der Waals surface area contributed by atoms with Gasteiger partial charge in [-0.15, -0.1) is 0 Å². The molecular weight excluding hydrogens is 646 g/mol. The average molecular weight is 669 g/mol. The van der Waals surface area contributed by atoms with Crippen LogP contribution in [0.1, 0.15) is 11.1 Å². The lowest BCUT2D eigenvalue weighted by atomic mass is 9.72. The van der Waals surface area contributed by atoms with Gasteiger partial charge in [0.1, 0.15) is 11.5 Å². The van der Waals surface area contributed by atoms with Crippen molar-refractivity contribution in [3.05, 3.63) is 96.3 Å². The van der Waals surface area contributed by atoms with E-state index in [9.17, 15) is 46.1 Å². The Morgan fingerprint density at radius 1 is 0.644 bits per heavy atom. The van der Waals surface area contributed by atoms with Gasteiger partial charge in [0.2, 0.25) is 17.2 Å². The first-order valence-corrected chi connectivity index (χ1v) is 14.7. The van der Waals surface area contributed by atoms with Gasteiger partial charge >= 0.3 is 12.4 Å². The number of nitrogens with one attached hydrogen (secondary N) is 2. The maximum atomic E-state index is 14.6. The Kier molecular flexibility index (Phi) is 10.2. The molecule has 0 saturated heterocycles. The molecule has 4 N–H and O–H groups in total. The van der Waals surface area contributed by atoms with Gasteiger partial charge in [-0.25, -0.2) is 9.97 Å². The van der Waals surface area contributed by atoms with Crippen molar-refractivity contribution >= 4 is 46.7 Å². The van der Waals surface area contributed by atoms with Crippen LogP contribution >= 0.6 is 23.5 Å². The number of phenolic OH excluding ortho intramolecular Hbond substituents is 2. The first-order chi connectivity index (χ1) is 21.2. The van der Waals surface area contributed by atoms with E-state index in [1.165, 1.54) is 12.4 Å². The number of aromatic nitrogens is 2. The number of hydrogen-bond donors (Lipinski definition) is 4. The highest BCUT2D eigenvalue weighted by Crippen LogP contribution is 2.57. The number of phenols is 2. The van der Waals surface area contributed by atoms with Crippen molar-refractivity contribution in [2.24, 2.45) is 0 Å². The highest BCUT2D eigenvalue weighted by molar-refractivity contribution is 8.00.